The maximum absolute atomic E-state index is 14.3. The average Bonchev–Trinajstić information content (AvgIpc) is 4.20. The third kappa shape index (κ3) is 16.6. The van der Waals surface area contributed by atoms with E-state index < -0.39 is 14.2 Å². The van der Waals surface area contributed by atoms with Crippen LogP contribution in [0, 0.1) is 0 Å². The number of hydrogen-bond acceptors (Lipinski definition) is 16. The van der Waals surface area contributed by atoms with E-state index in [2.05, 4.69) is 46.7 Å². The predicted octanol–water partition coefficient (Wildman–Crippen LogP) is 8.80. The maximum Gasteiger partial charge on any atom is 0.431 e. The number of carbonyl (C=O) groups excluding carboxylic acids is 4. The minimum atomic E-state index is -1.34. The van der Waals surface area contributed by atoms with Crippen molar-refractivity contribution in [3.05, 3.63) is 124 Å². The summed E-state index contributed by atoms with van der Waals surface area (Å²) in [4.78, 5) is 64.7. The topological polar surface area (TPSA) is 223 Å². The summed E-state index contributed by atoms with van der Waals surface area (Å²) < 4.78 is 46.9. The van der Waals surface area contributed by atoms with Crippen molar-refractivity contribution in [3.8, 4) is 23.0 Å². The number of nitrogens with two attached hydrogens (primary N) is 1. The molecule has 8 rings (SSSR count). The van der Waals surface area contributed by atoms with Gasteiger partial charge in [-0.2, -0.15) is 5.48 Å². The minimum absolute atomic E-state index is 0.0474. The Balaban J connectivity index is 1.00. The van der Waals surface area contributed by atoms with Gasteiger partial charge in [-0.25, -0.2) is 4.79 Å². The van der Waals surface area contributed by atoms with Gasteiger partial charge in [0, 0.05) is 88.7 Å². The molecule has 3 heterocycles. The van der Waals surface area contributed by atoms with Gasteiger partial charge in [-0.1, -0.05) is 56.0 Å². The Kier molecular flexibility index (Phi) is 21.9. The van der Waals surface area contributed by atoms with Gasteiger partial charge in [-0.05, 0) is 103 Å². The molecule has 0 saturated heterocycles. The van der Waals surface area contributed by atoms with Gasteiger partial charge >= 0.3 is 6.09 Å². The number of fused-ring (bicyclic) bond motifs is 5. The lowest BCUT2D eigenvalue weighted by molar-refractivity contribution is -0.121. The number of methoxy groups -OCH3 is 3. The normalized spacial score (nSPS) is 15.0. The molecule has 2 atom stereocenters. The van der Waals surface area contributed by atoms with E-state index in [-0.39, 0.29) is 61.7 Å². The number of rotatable bonds is 31. The fourth-order valence-corrected chi connectivity index (χ4v) is 11.1. The van der Waals surface area contributed by atoms with E-state index in [1.54, 1.807) is 37.3 Å². The SMILES string of the molecule is COCCOCCOCCN(CCCC(=O)NCCCONC(=O)OCC[Si](C)(C)C)c1cc(COc2cc(N)c(C(=O)N3c4ccccc4C[C@H]3C)cc2OC)cc(COc2cc3c(cc2OC)C(=O)N2c4ccccc4C[C@H]2CN3)c1. The molecule has 3 aliphatic rings. The van der Waals surface area contributed by atoms with E-state index in [0.29, 0.717) is 118 Å². The Morgan fingerprint density at radius 2 is 1.40 bits per heavy atom. The zero-order valence-electron chi connectivity index (χ0n) is 49.0. The molecule has 83 heavy (non-hydrogen) atoms. The highest BCUT2D eigenvalue weighted by Crippen LogP contribution is 2.42. The van der Waals surface area contributed by atoms with Crippen LogP contribution in [-0.2, 0) is 54.6 Å². The number of hydroxylamine groups is 1. The van der Waals surface area contributed by atoms with E-state index in [4.69, 9.17) is 48.5 Å². The van der Waals surface area contributed by atoms with Crippen molar-refractivity contribution in [2.45, 2.75) is 90.0 Å². The first-order valence-electron chi connectivity index (χ1n) is 28.5. The summed E-state index contributed by atoms with van der Waals surface area (Å²) >= 11 is 0. The Morgan fingerprint density at radius 1 is 0.735 bits per heavy atom. The molecule has 0 aromatic heterocycles. The summed E-state index contributed by atoms with van der Waals surface area (Å²) in [5.74, 6) is 1.08. The first kappa shape index (κ1) is 61.5. The van der Waals surface area contributed by atoms with Crippen molar-refractivity contribution in [1.82, 2.24) is 10.8 Å². The van der Waals surface area contributed by atoms with Gasteiger partial charge in [0.05, 0.1) is 83.3 Å². The summed E-state index contributed by atoms with van der Waals surface area (Å²) in [6, 6.07) is 29.5. The maximum atomic E-state index is 14.3. The highest BCUT2D eigenvalue weighted by molar-refractivity contribution is 6.76. The Bertz CT molecular complexity index is 3030. The van der Waals surface area contributed by atoms with Crippen LogP contribution in [-0.4, -0.2) is 138 Å². The van der Waals surface area contributed by atoms with Crippen molar-refractivity contribution in [2.24, 2.45) is 0 Å². The zero-order valence-corrected chi connectivity index (χ0v) is 50.0. The third-order valence-corrected chi connectivity index (χ3v) is 16.4. The number of hydrogen-bond donors (Lipinski definition) is 4. The molecule has 5 N–H and O–H groups in total. The van der Waals surface area contributed by atoms with Crippen LogP contribution < -0.4 is 55.5 Å². The number of anilines is 5. The molecule has 0 fully saturated rings. The van der Waals surface area contributed by atoms with Crippen LogP contribution in [0.5, 0.6) is 23.0 Å². The van der Waals surface area contributed by atoms with Crippen LogP contribution in [0.15, 0.2) is 91.0 Å². The number of nitrogens with one attached hydrogen (secondary N) is 3. The number of para-hydroxylation sites is 2. The number of benzene rings is 5. The van der Waals surface area contributed by atoms with E-state index in [0.717, 1.165) is 58.2 Å². The molecule has 21 heteroatoms. The average molecular weight is 1160 g/mol. The van der Waals surface area contributed by atoms with Crippen molar-refractivity contribution in [1.29, 1.82) is 0 Å². The van der Waals surface area contributed by atoms with Crippen molar-refractivity contribution >= 4 is 60.3 Å². The molecule has 4 amide bonds. The van der Waals surface area contributed by atoms with Gasteiger partial charge in [-0.15, -0.1) is 0 Å². The third-order valence-electron chi connectivity index (χ3n) is 14.7. The molecule has 0 bridgehead atoms. The predicted molar refractivity (Wildman–Crippen MR) is 322 cm³/mol. The zero-order chi connectivity index (χ0) is 58.9. The fourth-order valence-electron chi connectivity index (χ4n) is 10.4. The molecule has 0 saturated carbocycles. The molecule has 5 aromatic rings. The largest absolute Gasteiger partial charge is 0.493 e. The van der Waals surface area contributed by atoms with E-state index in [1.807, 2.05) is 78.6 Å². The second-order valence-corrected chi connectivity index (χ2v) is 27.7. The Labute approximate surface area is 488 Å². The molecule has 0 unspecified atom stereocenters. The van der Waals surface area contributed by atoms with E-state index in [1.165, 1.54) is 7.11 Å². The first-order valence-corrected chi connectivity index (χ1v) is 32.2. The molecule has 0 aliphatic carbocycles. The summed E-state index contributed by atoms with van der Waals surface area (Å²) in [7, 11) is 3.36. The fraction of sp³-hybridized carbons (Fsp3) is 0.452. The van der Waals surface area contributed by atoms with Gasteiger partial charge in [-0.3, -0.25) is 19.2 Å². The lowest BCUT2D eigenvalue weighted by Gasteiger charge is -2.26. The standard InChI is InChI=1S/C62H81N7O13Si/c1-42-30-45-14-8-10-16-53(45)68(42)60(71)49-35-55(75-3)57(37-51(49)63)80-40-43-31-44(41-81-58-38-52-50(36-56(58)76-4)61(72)69-48(39-65-52)34-46-15-9-11-17-54(46)69)33-47(32-43)67(21-23-77-26-27-78-25-24-74-2)20-12-18-59(70)64-19-13-22-82-66-62(73)79-28-29-83(5,6)7/h8-11,14-17,31-33,35-38,42,48,65H,12-13,18-30,34,39-41,63H2,1-7H3,(H,64,70)(H,66,73)/t42-,48+/m1/s1. The van der Waals surface area contributed by atoms with Crippen molar-refractivity contribution < 1.29 is 61.9 Å². The van der Waals surface area contributed by atoms with E-state index in [9.17, 15) is 19.2 Å². The highest BCUT2D eigenvalue weighted by atomic mass is 28.3. The lowest BCUT2D eigenvalue weighted by Crippen LogP contribution is -2.39. The van der Waals surface area contributed by atoms with Gasteiger partial charge in [0.15, 0.2) is 23.0 Å². The summed E-state index contributed by atoms with van der Waals surface area (Å²) in [6.45, 7) is 13.3. The first-order chi connectivity index (χ1) is 40.1. The monoisotopic (exact) mass is 1160 g/mol. The van der Waals surface area contributed by atoms with Crippen molar-refractivity contribution in [3.63, 3.8) is 0 Å². The second kappa shape index (κ2) is 29.6. The number of nitrogens with zero attached hydrogens (tertiary/aromatic N) is 3. The van der Waals surface area contributed by atoms with Crippen LogP contribution in [0.2, 0.25) is 25.7 Å². The van der Waals surface area contributed by atoms with Gasteiger partial charge in [0.1, 0.15) is 13.2 Å². The smallest absolute Gasteiger partial charge is 0.431 e. The van der Waals surface area contributed by atoms with Crippen LogP contribution in [0.25, 0.3) is 0 Å². The Hall–Kier alpha value is -7.56. The van der Waals surface area contributed by atoms with Crippen LogP contribution in [0.3, 0.4) is 0 Å². The second-order valence-electron chi connectivity index (χ2n) is 22.0. The summed E-state index contributed by atoms with van der Waals surface area (Å²) in [6.07, 6.45) is 2.08. The summed E-state index contributed by atoms with van der Waals surface area (Å²) in [5.41, 5.74) is 17.1. The minimum Gasteiger partial charge on any atom is -0.493 e. The molecule has 5 aromatic carbocycles. The van der Waals surface area contributed by atoms with Crippen LogP contribution in [0.1, 0.15) is 69.2 Å². The van der Waals surface area contributed by atoms with Crippen molar-refractivity contribution in [2.75, 3.05) is 120 Å². The number of ether oxygens (including phenoxy) is 8. The lowest BCUT2D eigenvalue weighted by atomic mass is 10.1. The molecule has 3 aliphatic heterocycles. The molecule has 0 radical (unpaired) electrons. The highest BCUT2D eigenvalue weighted by Gasteiger charge is 2.38. The molecular weight excluding hydrogens is 1080 g/mol. The molecule has 20 nitrogen and oxygen atoms in total. The Morgan fingerprint density at radius 3 is 2.11 bits per heavy atom. The van der Waals surface area contributed by atoms with Gasteiger partial charge in [0.2, 0.25) is 5.91 Å². The molecule has 0 spiro atoms. The van der Waals surface area contributed by atoms with Gasteiger partial charge < -0.3 is 69.0 Å². The quantitative estimate of drug-likeness (QED) is 0.0141. The number of nitrogen functional groups attached to an aromatic ring is 1. The molecule has 446 valence electrons. The summed E-state index contributed by atoms with van der Waals surface area (Å²) in [5, 5.41) is 6.48. The van der Waals surface area contributed by atoms with Gasteiger partial charge in [0.25, 0.3) is 11.8 Å². The van der Waals surface area contributed by atoms with Crippen LogP contribution >= 0.6 is 0 Å². The number of carbonyl (C=O) groups is 4. The number of amides is 4. The van der Waals surface area contributed by atoms with E-state index >= 15 is 0 Å². The van der Waals surface area contributed by atoms with Crippen LogP contribution in [0.4, 0.5) is 33.2 Å². The molecular formula is C62H81N7O13Si.